The van der Waals surface area contributed by atoms with Gasteiger partial charge in [-0.25, -0.2) is 0 Å². The molecule has 0 saturated heterocycles. The smallest absolute Gasteiger partial charge is 0.309 e. The highest BCUT2D eigenvalue weighted by Gasteiger charge is 2.41. The highest BCUT2D eigenvalue weighted by molar-refractivity contribution is 5.98. The van der Waals surface area contributed by atoms with Crippen LogP contribution in [0.1, 0.15) is 42.5 Å². The van der Waals surface area contributed by atoms with Crippen molar-refractivity contribution in [3.8, 4) is 5.75 Å². The van der Waals surface area contributed by atoms with E-state index >= 15 is 0 Å². The highest BCUT2D eigenvalue weighted by Crippen LogP contribution is 2.40. The molecule has 0 spiro atoms. The molecule has 1 aromatic rings. The third kappa shape index (κ3) is 3.50. The number of hydrogen-bond acceptors (Lipinski definition) is 5. The molecule has 128 valence electrons. The topological polar surface area (TPSA) is 69.7 Å². The van der Waals surface area contributed by atoms with Crippen molar-refractivity contribution in [2.45, 2.75) is 32.1 Å². The van der Waals surface area contributed by atoms with Gasteiger partial charge in [0.2, 0.25) is 0 Å². The van der Waals surface area contributed by atoms with Gasteiger partial charge in [-0.3, -0.25) is 14.4 Å². The summed E-state index contributed by atoms with van der Waals surface area (Å²) in [4.78, 5) is 36.5. The normalized spacial score (nSPS) is 25.9. The van der Waals surface area contributed by atoms with Crippen LogP contribution in [0, 0.1) is 17.8 Å². The van der Waals surface area contributed by atoms with Gasteiger partial charge in [0.1, 0.15) is 11.5 Å². The monoisotopic (exact) mass is 330 g/mol. The number of esters is 1. The Morgan fingerprint density at radius 3 is 2.54 bits per heavy atom. The van der Waals surface area contributed by atoms with Gasteiger partial charge in [0.15, 0.2) is 12.4 Å². The van der Waals surface area contributed by atoms with Gasteiger partial charge < -0.3 is 9.47 Å². The Morgan fingerprint density at radius 1 is 1.17 bits per heavy atom. The molecule has 5 nitrogen and oxygen atoms in total. The summed E-state index contributed by atoms with van der Waals surface area (Å²) < 4.78 is 10.3. The lowest BCUT2D eigenvalue weighted by Crippen LogP contribution is -2.39. The van der Waals surface area contributed by atoms with Crippen LogP contribution in [-0.2, 0) is 14.3 Å². The molecule has 2 aliphatic carbocycles. The minimum atomic E-state index is -0.351. The average molecular weight is 330 g/mol. The summed E-state index contributed by atoms with van der Waals surface area (Å²) >= 11 is 0. The number of Topliss-reactive ketones (excluding diaryl/α,β-unsaturated/α-hetero) is 2. The molecule has 1 aromatic carbocycles. The fourth-order valence-electron chi connectivity index (χ4n) is 3.81. The predicted molar refractivity (Wildman–Crippen MR) is 86.8 cm³/mol. The molecule has 0 radical (unpaired) electrons. The van der Waals surface area contributed by atoms with Crippen molar-refractivity contribution in [3.05, 3.63) is 29.8 Å². The quantitative estimate of drug-likeness (QED) is 0.613. The van der Waals surface area contributed by atoms with Gasteiger partial charge in [-0.05, 0) is 37.8 Å². The first kappa shape index (κ1) is 16.7. The molecule has 3 rings (SSSR count). The molecular weight excluding hydrogens is 308 g/mol. The van der Waals surface area contributed by atoms with Crippen LogP contribution in [0.3, 0.4) is 0 Å². The fraction of sp³-hybridized carbons (Fsp3) is 0.526. The van der Waals surface area contributed by atoms with E-state index in [2.05, 4.69) is 0 Å². The lowest BCUT2D eigenvalue weighted by molar-refractivity contribution is -0.152. The maximum absolute atomic E-state index is 12.3. The Bertz CT molecular complexity index is 635. The molecule has 2 bridgehead atoms. The molecule has 0 heterocycles. The van der Waals surface area contributed by atoms with Crippen LogP contribution in [0.25, 0.3) is 0 Å². The lowest BCUT2D eigenvalue weighted by atomic mass is 9.67. The van der Waals surface area contributed by atoms with Crippen molar-refractivity contribution < 1.29 is 23.9 Å². The average Bonchev–Trinajstić information content (AvgIpc) is 2.59. The maximum atomic E-state index is 12.3. The van der Waals surface area contributed by atoms with Crippen LogP contribution in [0.5, 0.6) is 5.75 Å². The molecule has 5 heteroatoms. The summed E-state index contributed by atoms with van der Waals surface area (Å²) in [6, 6.07) is 6.77. The second kappa shape index (κ2) is 7.16. The van der Waals surface area contributed by atoms with Crippen LogP contribution in [0.2, 0.25) is 0 Å². The molecule has 0 N–H and O–H groups in total. The standard InChI is InChI=1S/C19H22O5/c1-23-16-7-3-4-12(10-16)17(20)11-24-19(22)15-8-13-5-2-6-14(9-15)18(13)21/h3-4,7,10,13-15H,2,5-6,8-9,11H2,1H3/t13-,14+,15?. The second-order valence-corrected chi connectivity index (χ2v) is 6.66. The summed E-state index contributed by atoms with van der Waals surface area (Å²) in [7, 11) is 1.53. The van der Waals surface area contributed by atoms with Gasteiger partial charge >= 0.3 is 5.97 Å². The van der Waals surface area contributed by atoms with E-state index in [0.717, 1.165) is 19.3 Å². The first-order valence-electron chi connectivity index (χ1n) is 8.46. The highest BCUT2D eigenvalue weighted by atomic mass is 16.5. The van der Waals surface area contributed by atoms with Gasteiger partial charge in [-0.15, -0.1) is 0 Å². The van der Waals surface area contributed by atoms with E-state index in [0.29, 0.717) is 29.9 Å². The zero-order valence-corrected chi connectivity index (χ0v) is 13.8. The Balaban J connectivity index is 1.55. The summed E-state index contributed by atoms with van der Waals surface area (Å²) in [5.74, 6) is 0.0536. The predicted octanol–water partition coefficient (Wildman–Crippen LogP) is 2.82. The van der Waals surface area contributed by atoms with E-state index < -0.39 is 0 Å². The molecule has 1 unspecified atom stereocenters. The van der Waals surface area contributed by atoms with Crippen LogP contribution < -0.4 is 4.74 Å². The zero-order chi connectivity index (χ0) is 17.1. The Hall–Kier alpha value is -2.17. The van der Waals surface area contributed by atoms with Crippen molar-refractivity contribution in [1.82, 2.24) is 0 Å². The molecule has 24 heavy (non-hydrogen) atoms. The molecule has 0 amide bonds. The van der Waals surface area contributed by atoms with E-state index in [1.54, 1.807) is 24.3 Å². The van der Waals surface area contributed by atoms with Crippen LogP contribution in [-0.4, -0.2) is 31.3 Å². The van der Waals surface area contributed by atoms with Crippen molar-refractivity contribution in [2.24, 2.45) is 17.8 Å². The van der Waals surface area contributed by atoms with Crippen LogP contribution in [0.4, 0.5) is 0 Å². The third-order valence-electron chi connectivity index (χ3n) is 5.12. The first-order valence-corrected chi connectivity index (χ1v) is 8.46. The van der Waals surface area contributed by atoms with E-state index in [4.69, 9.17) is 9.47 Å². The van der Waals surface area contributed by atoms with E-state index in [1.165, 1.54) is 7.11 Å². The number of carbonyl (C=O) groups excluding carboxylic acids is 3. The Kier molecular flexibility index (Phi) is 4.97. The maximum Gasteiger partial charge on any atom is 0.309 e. The molecular formula is C19H22O5. The van der Waals surface area contributed by atoms with Gasteiger partial charge in [-0.1, -0.05) is 18.6 Å². The van der Waals surface area contributed by atoms with Crippen molar-refractivity contribution in [1.29, 1.82) is 0 Å². The molecule has 2 saturated carbocycles. The SMILES string of the molecule is COc1cccc(C(=O)COC(=O)C2C[C@H]3CCC[C@@H](C2)C3=O)c1. The van der Waals surface area contributed by atoms with Gasteiger partial charge in [0.05, 0.1) is 13.0 Å². The number of ether oxygens (including phenoxy) is 2. The van der Waals surface area contributed by atoms with Crippen molar-refractivity contribution >= 4 is 17.5 Å². The van der Waals surface area contributed by atoms with E-state index in [-0.39, 0.29) is 36.1 Å². The van der Waals surface area contributed by atoms with Crippen LogP contribution in [0.15, 0.2) is 24.3 Å². The molecule has 0 aromatic heterocycles. The molecule has 3 atom stereocenters. The zero-order valence-electron chi connectivity index (χ0n) is 13.8. The summed E-state index contributed by atoms with van der Waals surface area (Å²) in [6.45, 7) is -0.272. The molecule has 2 aliphatic rings. The largest absolute Gasteiger partial charge is 0.497 e. The summed E-state index contributed by atoms with van der Waals surface area (Å²) in [5, 5.41) is 0. The number of hydrogen-bond donors (Lipinski definition) is 0. The van der Waals surface area contributed by atoms with Gasteiger partial charge in [-0.2, -0.15) is 0 Å². The number of fused-ring (bicyclic) bond motifs is 2. The Morgan fingerprint density at radius 2 is 1.88 bits per heavy atom. The Labute approximate surface area is 141 Å². The van der Waals surface area contributed by atoms with Crippen LogP contribution >= 0.6 is 0 Å². The minimum Gasteiger partial charge on any atom is -0.497 e. The van der Waals surface area contributed by atoms with Crippen molar-refractivity contribution in [2.75, 3.05) is 13.7 Å². The minimum absolute atomic E-state index is 0.00383. The molecule has 0 aliphatic heterocycles. The fourth-order valence-corrected chi connectivity index (χ4v) is 3.81. The van der Waals surface area contributed by atoms with E-state index in [9.17, 15) is 14.4 Å². The lowest BCUT2D eigenvalue weighted by Gasteiger charge is -2.36. The third-order valence-corrected chi connectivity index (χ3v) is 5.12. The number of methoxy groups -OCH3 is 1. The molecule has 2 fully saturated rings. The summed E-state index contributed by atoms with van der Waals surface area (Å²) in [6.07, 6.45) is 3.96. The summed E-state index contributed by atoms with van der Waals surface area (Å²) in [5.41, 5.74) is 0.456. The number of carbonyl (C=O) groups is 3. The van der Waals surface area contributed by atoms with Gasteiger partial charge in [0, 0.05) is 17.4 Å². The first-order chi connectivity index (χ1) is 11.6. The van der Waals surface area contributed by atoms with Gasteiger partial charge in [0.25, 0.3) is 0 Å². The van der Waals surface area contributed by atoms with E-state index in [1.807, 2.05) is 0 Å². The number of benzene rings is 1. The number of ketones is 2. The number of rotatable bonds is 5. The second-order valence-electron chi connectivity index (χ2n) is 6.66. The van der Waals surface area contributed by atoms with Crippen molar-refractivity contribution in [3.63, 3.8) is 0 Å².